The normalized spacial score (nSPS) is 17.1. The van der Waals surface area contributed by atoms with Crippen molar-refractivity contribution in [3.05, 3.63) is 63.1 Å². The molecule has 0 atom stereocenters. The number of fused-ring (bicyclic) bond motifs is 1. The summed E-state index contributed by atoms with van der Waals surface area (Å²) in [5, 5.41) is 0.946. The number of hydrogen-bond acceptors (Lipinski definition) is 3. The Kier molecular flexibility index (Phi) is 5.07. The van der Waals surface area contributed by atoms with Gasteiger partial charge in [-0.15, -0.1) is 0 Å². The second-order valence-electron chi connectivity index (χ2n) is 6.73. The predicted octanol–water partition coefficient (Wildman–Crippen LogP) is 3.89. The van der Waals surface area contributed by atoms with Crippen molar-refractivity contribution < 1.29 is 9.53 Å². The van der Waals surface area contributed by atoms with Gasteiger partial charge in [-0.25, -0.2) is 0 Å². The first-order chi connectivity index (χ1) is 12.6. The largest absolute Gasteiger partial charge is 0.493 e. The van der Waals surface area contributed by atoms with E-state index in [0.717, 1.165) is 38.4 Å². The average molecular weight is 391 g/mol. The Morgan fingerprint density at radius 3 is 2.62 bits per heavy atom. The molecule has 2 aliphatic heterocycles. The van der Waals surface area contributed by atoms with Crippen LogP contribution < -0.4 is 4.74 Å². The zero-order valence-electron chi connectivity index (χ0n) is 14.4. The van der Waals surface area contributed by atoms with Crippen LogP contribution in [0.2, 0.25) is 10.0 Å². The van der Waals surface area contributed by atoms with Crippen molar-refractivity contribution in [1.82, 2.24) is 9.80 Å². The van der Waals surface area contributed by atoms with Crippen molar-refractivity contribution in [2.75, 3.05) is 32.8 Å². The van der Waals surface area contributed by atoms with Crippen LogP contribution in [0.4, 0.5) is 0 Å². The van der Waals surface area contributed by atoms with E-state index in [-0.39, 0.29) is 5.91 Å². The van der Waals surface area contributed by atoms with E-state index in [1.807, 2.05) is 4.90 Å². The number of piperazine rings is 1. The lowest BCUT2D eigenvalue weighted by Crippen LogP contribution is -2.48. The van der Waals surface area contributed by atoms with Crippen LogP contribution in [0.3, 0.4) is 0 Å². The number of nitrogens with zero attached hydrogens (tertiary/aromatic N) is 2. The summed E-state index contributed by atoms with van der Waals surface area (Å²) < 4.78 is 5.57. The molecule has 0 bridgehead atoms. The summed E-state index contributed by atoms with van der Waals surface area (Å²) in [4.78, 5) is 16.9. The monoisotopic (exact) mass is 390 g/mol. The molecule has 0 radical (unpaired) electrons. The Hall–Kier alpha value is -1.75. The second-order valence-corrected chi connectivity index (χ2v) is 7.58. The lowest BCUT2D eigenvalue weighted by molar-refractivity contribution is 0.0628. The highest BCUT2D eigenvalue weighted by atomic mass is 35.5. The smallest absolute Gasteiger partial charge is 0.255 e. The van der Waals surface area contributed by atoms with E-state index in [4.69, 9.17) is 27.9 Å². The Labute approximate surface area is 163 Å². The molecular formula is C20H20Cl2N2O2. The number of hydrogen-bond donors (Lipinski definition) is 0. The molecule has 2 aromatic carbocycles. The molecule has 6 heteroatoms. The SMILES string of the molecule is O=C(c1ccc(Cl)cc1Cl)N1CCN(Cc2ccc3c(c2)CCO3)CC1. The fourth-order valence-corrected chi connectivity index (χ4v) is 4.03. The quantitative estimate of drug-likeness (QED) is 0.796. The van der Waals surface area contributed by atoms with Crippen molar-refractivity contribution in [2.45, 2.75) is 13.0 Å². The third-order valence-electron chi connectivity index (χ3n) is 4.98. The topological polar surface area (TPSA) is 32.8 Å². The van der Waals surface area contributed by atoms with Crippen LogP contribution in [-0.4, -0.2) is 48.5 Å². The zero-order chi connectivity index (χ0) is 18.1. The summed E-state index contributed by atoms with van der Waals surface area (Å²) in [7, 11) is 0. The van der Waals surface area contributed by atoms with Gasteiger partial charge in [0.25, 0.3) is 5.91 Å². The molecule has 26 heavy (non-hydrogen) atoms. The van der Waals surface area contributed by atoms with Crippen LogP contribution in [0.25, 0.3) is 0 Å². The Bertz CT molecular complexity index is 833. The van der Waals surface area contributed by atoms with Crippen LogP contribution in [0.1, 0.15) is 21.5 Å². The van der Waals surface area contributed by atoms with E-state index >= 15 is 0 Å². The number of carbonyl (C=O) groups excluding carboxylic acids is 1. The molecule has 0 N–H and O–H groups in total. The summed E-state index contributed by atoms with van der Waals surface area (Å²) in [6, 6.07) is 11.5. The fraction of sp³-hybridized carbons (Fsp3) is 0.350. The maximum atomic E-state index is 12.7. The highest BCUT2D eigenvalue weighted by molar-refractivity contribution is 6.36. The first-order valence-electron chi connectivity index (χ1n) is 8.81. The molecule has 0 unspecified atom stereocenters. The minimum atomic E-state index is -0.0269. The van der Waals surface area contributed by atoms with Gasteiger partial charge in [0, 0.05) is 44.2 Å². The molecule has 4 nitrogen and oxygen atoms in total. The van der Waals surface area contributed by atoms with E-state index in [9.17, 15) is 4.79 Å². The molecule has 0 saturated carbocycles. The van der Waals surface area contributed by atoms with Crippen LogP contribution in [-0.2, 0) is 13.0 Å². The van der Waals surface area contributed by atoms with Crippen molar-refractivity contribution in [2.24, 2.45) is 0 Å². The van der Waals surface area contributed by atoms with Gasteiger partial charge in [0.1, 0.15) is 5.75 Å². The Morgan fingerprint density at radius 2 is 1.85 bits per heavy atom. The standard InChI is InChI=1S/C20H20Cl2N2O2/c21-16-2-3-17(18(22)12-16)20(25)24-8-6-23(7-9-24)13-14-1-4-19-15(11-14)5-10-26-19/h1-4,11-12H,5-10,13H2. The summed E-state index contributed by atoms with van der Waals surface area (Å²) in [6.45, 7) is 4.79. The minimum Gasteiger partial charge on any atom is -0.493 e. The highest BCUT2D eigenvalue weighted by Gasteiger charge is 2.24. The molecule has 1 saturated heterocycles. The van der Waals surface area contributed by atoms with Gasteiger partial charge in [-0.1, -0.05) is 35.3 Å². The van der Waals surface area contributed by atoms with Crippen LogP contribution in [0, 0.1) is 0 Å². The molecule has 0 aliphatic carbocycles. The van der Waals surface area contributed by atoms with E-state index in [0.29, 0.717) is 28.7 Å². The summed E-state index contributed by atoms with van der Waals surface area (Å²) in [5.74, 6) is 0.991. The van der Waals surface area contributed by atoms with Gasteiger partial charge < -0.3 is 9.64 Å². The maximum Gasteiger partial charge on any atom is 0.255 e. The molecule has 4 rings (SSSR count). The van der Waals surface area contributed by atoms with Gasteiger partial charge in [0.2, 0.25) is 0 Å². The minimum absolute atomic E-state index is 0.0269. The first-order valence-corrected chi connectivity index (χ1v) is 9.57. The molecule has 0 aromatic heterocycles. The zero-order valence-corrected chi connectivity index (χ0v) is 15.9. The molecular weight excluding hydrogens is 371 g/mol. The Balaban J connectivity index is 1.36. The Morgan fingerprint density at radius 1 is 1.04 bits per heavy atom. The van der Waals surface area contributed by atoms with Gasteiger partial charge >= 0.3 is 0 Å². The lowest BCUT2D eigenvalue weighted by Gasteiger charge is -2.35. The first kappa shape index (κ1) is 17.7. The second kappa shape index (κ2) is 7.47. The van der Waals surface area contributed by atoms with Crippen molar-refractivity contribution >= 4 is 29.1 Å². The van der Waals surface area contributed by atoms with Crippen molar-refractivity contribution in [3.63, 3.8) is 0 Å². The van der Waals surface area contributed by atoms with Gasteiger partial charge in [-0.3, -0.25) is 9.69 Å². The number of carbonyl (C=O) groups is 1. The number of benzene rings is 2. The predicted molar refractivity (Wildman–Crippen MR) is 103 cm³/mol. The van der Waals surface area contributed by atoms with Crippen molar-refractivity contribution in [3.8, 4) is 5.75 Å². The maximum absolute atomic E-state index is 12.7. The van der Waals surface area contributed by atoms with Crippen LogP contribution in [0.5, 0.6) is 5.75 Å². The molecule has 2 aliphatic rings. The summed E-state index contributed by atoms with van der Waals surface area (Å²) in [5.41, 5.74) is 3.12. The van der Waals surface area contributed by atoms with Crippen LogP contribution in [0.15, 0.2) is 36.4 Å². The molecule has 0 spiro atoms. The van der Waals surface area contributed by atoms with Gasteiger partial charge in [-0.2, -0.15) is 0 Å². The number of amides is 1. The van der Waals surface area contributed by atoms with E-state index in [1.54, 1.807) is 18.2 Å². The molecule has 2 aromatic rings. The highest BCUT2D eigenvalue weighted by Crippen LogP contribution is 2.27. The summed E-state index contributed by atoms with van der Waals surface area (Å²) >= 11 is 12.1. The third kappa shape index (κ3) is 3.68. The van der Waals surface area contributed by atoms with E-state index in [2.05, 4.69) is 23.1 Å². The molecule has 136 valence electrons. The summed E-state index contributed by atoms with van der Waals surface area (Å²) in [6.07, 6.45) is 0.993. The lowest BCUT2D eigenvalue weighted by atomic mass is 10.1. The average Bonchev–Trinajstić information content (AvgIpc) is 3.10. The van der Waals surface area contributed by atoms with Crippen molar-refractivity contribution in [1.29, 1.82) is 0 Å². The number of halogens is 2. The van der Waals surface area contributed by atoms with E-state index in [1.165, 1.54) is 11.1 Å². The molecule has 1 amide bonds. The van der Waals surface area contributed by atoms with Gasteiger partial charge in [0.15, 0.2) is 0 Å². The molecule has 2 heterocycles. The van der Waals surface area contributed by atoms with Crippen LogP contribution >= 0.6 is 23.2 Å². The fourth-order valence-electron chi connectivity index (χ4n) is 3.54. The molecule has 1 fully saturated rings. The van der Waals surface area contributed by atoms with Gasteiger partial charge in [-0.05, 0) is 35.4 Å². The third-order valence-corrected chi connectivity index (χ3v) is 5.53. The van der Waals surface area contributed by atoms with E-state index < -0.39 is 0 Å². The number of rotatable bonds is 3. The van der Waals surface area contributed by atoms with Gasteiger partial charge in [0.05, 0.1) is 17.2 Å². The number of ether oxygens (including phenoxy) is 1.